The first-order valence-corrected chi connectivity index (χ1v) is 11.9. The Morgan fingerprint density at radius 2 is 1.74 bits per heavy atom. The lowest BCUT2D eigenvalue weighted by Crippen LogP contribution is -2.43. The van der Waals surface area contributed by atoms with E-state index in [4.69, 9.17) is 4.98 Å². The number of nitrogens with zero attached hydrogens (tertiary/aromatic N) is 5. The van der Waals surface area contributed by atoms with Gasteiger partial charge in [0.2, 0.25) is 0 Å². The van der Waals surface area contributed by atoms with E-state index in [-0.39, 0.29) is 0 Å². The van der Waals surface area contributed by atoms with E-state index in [1.54, 1.807) is 0 Å². The minimum absolute atomic E-state index is 0.478. The van der Waals surface area contributed by atoms with Crippen LogP contribution in [0.2, 0.25) is 0 Å². The first-order chi connectivity index (χ1) is 15.0. The summed E-state index contributed by atoms with van der Waals surface area (Å²) in [6.07, 6.45) is 6.99. The predicted molar refractivity (Wildman–Crippen MR) is 128 cm³/mol. The lowest BCUT2D eigenvalue weighted by atomic mass is 9.84. The Bertz CT molecular complexity index is 968. The molecule has 0 atom stereocenters. The van der Waals surface area contributed by atoms with Crippen molar-refractivity contribution in [2.24, 2.45) is 5.92 Å². The summed E-state index contributed by atoms with van der Waals surface area (Å²) < 4.78 is 0. The zero-order chi connectivity index (χ0) is 21.5. The van der Waals surface area contributed by atoms with Gasteiger partial charge < -0.3 is 9.80 Å². The molecule has 164 valence electrons. The zero-order valence-corrected chi connectivity index (χ0v) is 19.3. The molecular formula is C26H35N5. The van der Waals surface area contributed by atoms with Gasteiger partial charge in [0.15, 0.2) is 0 Å². The monoisotopic (exact) mass is 417 g/mol. The van der Waals surface area contributed by atoms with Gasteiger partial charge >= 0.3 is 0 Å². The molecule has 0 N–H and O–H groups in total. The summed E-state index contributed by atoms with van der Waals surface area (Å²) in [5, 5.41) is 0. The average molecular weight is 418 g/mol. The van der Waals surface area contributed by atoms with Crippen molar-refractivity contribution >= 4 is 11.5 Å². The fraction of sp³-hybridized carbons (Fsp3) is 0.538. The molecule has 0 spiro atoms. The molecule has 5 heteroatoms. The molecule has 3 aliphatic rings. The lowest BCUT2D eigenvalue weighted by Gasteiger charge is -2.42. The molecule has 2 fully saturated rings. The van der Waals surface area contributed by atoms with Gasteiger partial charge in [0, 0.05) is 61.8 Å². The van der Waals surface area contributed by atoms with Crippen molar-refractivity contribution in [3.05, 3.63) is 47.9 Å². The van der Waals surface area contributed by atoms with Crippen LogP contribution in [0.3, 0.4) is 0 Å². The maximum Gasteiger partial charge on any atom is 0.144 e. The van der Waals surface area contributed by atoms with Crippen LogP contribution in [0.25, 0.3) is 16.8 Å². The molecule has 1 aromatic carbocycles. The molecule has 0 radical (unpaired) electrons. The minimum Gasteiger partial charge on any atom is -0.323 e. The fourth-order valence-electron chi connectivity index (χ4n) is 5.41. The van der Waals surface area contributed by atoms with Crippen molar-refractivity contribution in [1.82, 2.24) is 19.8 Å². The highest BCUT2D eigenvalue weighted by molar-refractivity contribution is 5.97. The molecule has 0 bridgehead atoms. The van der Waals surface area contributed by atoms with E-state index in [0.717, 1.165) is 61.5 Å². The second-order valence-electron chi connectivity index (χ2n) is 9.84. The second-order valence-corrected chi connectivity index (χ2v) is 9.84. The summed E-state index contributed by atoms with van der Waals surface area (Å²) >= 11 is 0. The van der Waals surface area contributed by atoms with Crippen LogP contribution in [-0.2, 0) is 6.54 Å². The molecule has 0 unspecified atom stereocenters. The van der Waals surface area contributed by atoms with Crippen molar-refractivity contribution in [2.75, 3.05) is 38.1 Å². The SMILES string of the molecule is C=C1c2cc(CN3CCN(C)CC3)ccc2-c2cnc(C)nc2N1C1CCC(C)CC1. The van der Waals surface area contributed by atoms with E-state index in [1.807, 2.05) is 13.1 Å². The molecular weight excluding hydrogens is 382 g/mol. The normalized spacial score (nSPS) is 24.7. The van der Waals surface area contributed by atoms with Crippen LogP contribution in [0.1, 0.15) is 49.6 Å². The summed E-state index contributed by atoms with van der Waals surface area (Å²) in [4.78, 5) is 16.9. The summed E-state index contributed by atoms with van der Waals surface area (Å²) in [6, 6.07) is 7.40. The first-order valence-electron chi connectivity index (χ1n) is 11.9. The van der Waals surface area contributed by atoms with Gasteiger partial charge in [0.05, 0.1) is 0 Å². The summed E-state index contributed by atoms with van der Waals surface area (Å²) in [6.45, 7) is 14.5. The lowest BCUT2D eigenvalue weighted by molar-refractivity contribution is 0.148. The number of anilines is 1. The van der Waals surface area contributed by atoms with Crippen LogP contribution in [0.15, 0.2) is 31.0 Å². The highest BCUT2D eigenvalue weighted by Crippen LogP contribution is 2.46. The number of hydrogen-bond acceptors (Lipinski definition) is 5. The highest BCUT2D eigenvalue weighted by atomic mass is 15.3. The van der Waals surface area contributed by atoms with Gasteiger partial charge in [-0.05, 0) is 62.8 Å². The number of benzene rings is 1. The predicted octanol–water partition coefficient (Wildman–Crippen LogP) is 4.57. The third-order valence-corrected chi connectivity index (χ3v) is 7.45. The van der Waals surface area contributed by atoms with Crippen LogP contribution in [-0.4, -0.2) is 59.0 Å². The standard InChI is InChI=1S/C26H35N5/c1-18-5-8-22(9-6-18)31-19(2)24-15-21(17-30-13-11-29(4)12-14-30)7-10-23(24)25-16-27-20(3)28-26(25)31/h7,10,15-16,18,22H,2,5-6,8-9,11-14,17H2,1,3-4H3. The maximum atomic E-state index is 4.90. The van der Waals surface area contributed by atoms with Gasteiger partial charge in [0.1, 0.15) is 11.6 Å². The molecule has 5 nitrogen and oxygen atoms in total. The first kappa shape index (κ1) is 20.7. The van der Waals surface area contributed by atoms with Gasteiger partial charge in [0.25, 0.3) is 0 Å². The van der Waals surface area contributed by atoms with E-state index in [1.165, 1.54) is 42.4 Å². The molecule has 0 amide bonds. The Morgan fingerprint density at radius 3 is 2.48 bits per heavy atom. The number of fused-ring (bicyclic) bond motifs is 3. The zero-order valence-electron chi connectivity index (χ0n) is 19.3. The summed E-state index contributed by atoms with van der Waals surface area (Å²) in [5.74, 6) is 2.70. The molecule has 1 saturated carbocycles. The number of rotatable bonds is 3. The summed E-state index contributed by atoms with van der Waals surface area (Å²) in [5.41, 5.74) is 6.11. The van der Waals surface area contributed by atoms with Crippen molar-refractivity contribution in [3.63, 3.8) is 0 Å². The van der Waals surface area contributed by atoms with Crippen molar-refractivity contribution in [2.45, 2.75) is 52.1 Å². The van der Waals surface area contributed by atoms with E-state index in [0.29, 0.717) is 6.04 Å². The van der Waals surface area contributed by atoms with Crippen LogP contribution in [0.5, 0.6) is 0 Å². The van der Waals surface area contributed by atoms with Gasteiger partial charge in [-0.25, -0.2) is 9.97 Å². The number of piperazine rings is 1. The molecule has 2 aromatic rings. The highest BCUT2D eigenvalue weighted by Gasteiger charge is 2.34. The van der Waals surface area contributed by atoms with Crippen molar-refractivity contribution in [1.29, 1.82) is 0 Å². The minimum atomic E-state index is 0.478. The second kappa shape index (κ2) is 8.36. The van der Waals surface area contributed by atoms with Crippen LogP contribution in [0, 0.1) is 12.8 Å². The van der Waals surface area contributed by atoms with Crippen LogP contribution in [0.4, 0.5) is 5.82 Å². The van der Waals surface area contributed by atoms with Crippen LogP contribution < -0.4 is 4.90 Å². The van der Waals surface area contributed by atoms with E-state index < -0.39 is 0 Å². The molecule has 2 aliphatic heterocycles. The van der Waals surface area contributed by atoms with Gasteiger partial charge in [-0.15, -0.1) is 0 Å². The van der Waals surface area contributed by atoms with E-state index >= 15 is 0 Å². The number of likely N-dealkylation sites (N-methyl/N-ethyl adjacent to an activating group) is 1. The van der Waals surface area contributed by atoms with Gasteiger partial charge in [-0.1, -0.05) is 25.6 Å². The Hall–Kier alpha value is -2.24. The van der Waals surface area contributed by atoms with E-state index in [2.05, 4.69) is 58.4 Å². The Balaban J connectivity index is 1.49. The molecule has 3 heterocycles. The largest absolute Gasteiger partial charge is 0.323 e. The molecule has 1 aliphatic carbocycles. The summed E-state index contributed by atoms with van der Waals surface area (Å²) in [7, 11) is 2.21. The topological polar surface area (TPSA) is 35.5 Å². The Kier molecular flexibility index (Phi) is 5.57. The van der Waals surface area contributed by atoms with Crippen molar-refractivity contribution < 1.29 is 0 Å². The molecule has 1 aromatic heterocycles. The molecule has 5 rings (SSSR count). The number of aryl methyl sites for hydroxylation is 1. The average Bonchev–Trinajstić information content (AvgIpc) is 2.77. The Morgan fingerprint density at radius 1 is 1.00 bits per heavy atom. The maximum absolute atomic E-state index is 4.90. The van der Waals surface area contributed by atoms with Crippen molar-refractivity contribution in [3.8, 4) is 11.1 Å². The third-order valence-electron chi connectivity index (χ3n) is 7.45. The van der Waals surface area contributed by atoms with Gasteiger partial charge in [-0.3, -0.25) is 4.90 Å². The molecule has 1 saturated heterocycles. The Labute approximate surface area is 186 Å². The molecule has 31 heavy (non-hydrogen) atoms. The third kappa shape index (κ3) is 4.01. The smallest absolute Gasteiger partial charge is 0.144 e. The van der Waals surface area contributed by atoms with E-state index in [9.17, 15) is 0 Å². The number of aromatic nitrogens is 2. The van der Waals surface area contributed by atoms with Crippen LogP contribution >= 0.6 is 0 Å². The quantitative estimate of drug-likeness (QED) is 0.731. The fourth-order valence-corrected chi connectivity index (χ4v) is 5.41. The van der Waals surface area contributed by atoms with Gasteiger partial charge in [-0.2, -0.15) is 0 Å². The number of hydrogen-bond donors (Lipinski definition) is 0.